The minimum absolute atomic E-state index is 0.126. The number of ether oxygens (including phenoxy) is 1. The zero-order valence-corrected chi connectivity index (χ0v) is 25.8. The number of methoxy groups -OCH3 is 1. The van der Waals surface area contributed by atoms with Crippen LogP contribution in [-0.4, -0.2) is 38.8 Å². The van der Waals surface area contributed by atoms with Crippen LogP contribution in [0.2, 0.25) is 0 Å². The SMILES string of the molecule is COc1cc(N2C(=S)N[C@@H](c3ccccn3)[C@H]2c2cc(C)n(-c3ccccc3C(=O)O)c2C)ccc1NC(=O)C(C)(C)C. The predicted molar refractivity (Wildman–Crippen MR) is 171 cm³/mol. The van der Waals surface area contributed by atoms with Gasteiger partial charge in [0.05, 0.1) is 41.8 Å². The molecule has 1 aliphatic rings. The molecule has 1 aliphatic heterocycles. The molecule has 2 aromatic carbocycles. The molecule has 0 saturated carbocycles. The van der Waals surface area contributed by atoms with Crippen LogP contribution in [0.3, 0.4) is 0 Å². The zero-order chi connectivity index (χ0) is 31.1. The van der Waals surface area contributed by atoms with E-state index in [9.17, 15) is 14.7 Å². The van der Waals surface area contributed by atoms with Crippen LogP contribution >= 0.6 is 12.2 Å². The number of amides is 1. The van der Waals surface area contributed by atoms with E-state index in [4.69, 9.17) is 17.0 Å². The second-order valence-electron chi connectivity index (χ2n) is 11.6. The molecule has 4 aromatic rings. The highest BCUT2D eigenvalue weighted by Gasteiger charge is 2.42. The van der Waals surface area contributed by atoms with Crippen LogP contribution in [0.1, 0.15) is 65.9 Å². The molecule has 222 valence electrons. The summed E-state index contributed by atoms with van der Waals surface area (Å²) < 4.78 is 7.68. The lowest BCUT2D eigenvalue weighted by Crippen LogP contribution is -2.30. The number of hydrogen-bond acceptors (Lipinski definition) is 5. The van der Waals surface area contributed by atoms with Gasteiger partial charge in [0.15, 0.2) is 5.11 Å². The summed E-state index contributed by atoms with van der Waals surface area (Å²) in [4.78, 5) is 31.5. The van der Waals surface area contributed by atoms with Crippen molar-refractivity contribution in [3.63, 3.8) is 0 Å². The molecule has 2 aromatic heterocycles. The number of aryl methyl sites for hydroxylation is 1. The summed E-state index contributed by atoms with van der Waals surface area (Å²) >= 11 is 5.93. The number of carbonyl (C=O) groups excluding carboxylic acids is 1. The molecule has 0 spiro atoms. The lowest BCUT2D eigenvalue weighted by Gasteiger charge is -2.29. The topological polar surface area (TPSA) is 109 Å². The number of nitrogens with one attached hydrogen (secondary N) is 2. The van der Waals surface area contributed by atoms with Crippen molar-refractivity contribution in [2.45, 2.75) is 46.7 Å². The Morgan fingerprint density at radius 2 is 1.77 bits per heavy atom. The highest BCUT2D eigenvalue weighted by molar-refractivity contribution is 7.80. The molecule has 10 heteroatoms. The molecule has 5 rings (SSSR count). The normalized spacial score (nSPS) is 16.6. The maximum Gasteiger partial charge on any atom is 0.337 e. The van der Waals surface area contributed by atoms with E-state index >= 15 is 0 Å². The summed E-state index contributed by atoms with van der Waals surface area (Å²) in [5.74, 6) is -0.620. The van der Waals surface area contributed by atoms with Crippen molar-refractivity contribution in [3.8, 4) is 11.4 Å². The third-order valence-electron chi connectivity index (χ3n) is 7.66. The van der Waals surface area contributed by atoms with Crippen molar-refractivity contribution in [3.05, 3.63) is 101 Å². The second-order valence-corrected chi connectivity index (χ2v) is 12.0. The van der Waals surface area contributed by atoms with E-state index in [2.05, 4.69) is 21.7 Å². The zero-order valence-electron chi connectivity index (χ0n) is 25.0. The fourth-order valence-corrected chi connectivity index (χ4v) is 5.85. The maximum absolute atomic E-state index is 12.7. The predicted octanol–water partition coefficient (Wildman–Crippen LogP) is 6.36. The van der Waals surface area contributed by atoms with E-state index in [1.54, 1.807) is 25.4 Å². The van der Waals surface area contributed by atoms with Gasteiger partial charge in [-0.15, -0.1) is 0 Å². The number of nitrogens with zero attached hydrogens (tertiary/aromatic N) is 3. The molecule has 43 heavy (non-hydrogen) atoms. The van der Waals surface area contributed by atoms with Gasteiger partial charge >= 0.3 is 5.97 Å². The largest absolute Gasteiger partial charge is 0.494 e. The molecule has 0 radical (unpaired) electrons. The number of anilines is 2. The summed E-state index contributed by atoms with van der Waals surface area (Å²) in [6, 6.07) is 19.8. The number of benzene rings is 2. The van der Waals surface area contributed by atoms with Crippen molar-refractivity contribution < 1.29 is 19.4 Å². The summed E-state index contributed by atoms with van der Waals surface area (Å²) in [5.41, 5.74) is 5.10. The molecule has 0 aliphatic carbocycles. The number of carboxylic acid groups (broad SMARTS) is 1. The first-order chi connectivity index (χ1) is 20.4. The first kappa shape index (κ1) is 29.8. The Bertz CT molecular complexity index is 1710. The van der Waals surface area contributed by atoms with Crippen molar-refractivity contribution >= 4 is 40.6 Å². The number of aromatic carboxylic acids is 1. The molecule has 9 nitrogen and oxygen atoms in total. The van der Waals surface area contributed by atoms with E-state index < -0.39 is 11.4 Å². The van der Waals surface area contributed by atoms with Crippen LogP contribution in [0.5, 0.6) is 5.75 Å². The molecule has 1 fully saturated rings. The second kappa shape index (κ2) is 11.5. The minimum Gasteiger partial charge on any atom is -0.494 e. The van der Waals surface area contributed by atoms with Gasteiger partial charge in [-0.05, 0) is 74.1 Å². The van der Waals surface area contributed by atoms with Crippen LogP contribution in [0.15, 0.2) is 72.9 Å². The average molecular weight is 598 g/mol. The van der Waals surface area contributed by atoms with E-state index in [0.717, 1.165) is 28.3 Å². The monoisotopic (exact) mass is 597 g/mol. The maximum atomic E-state index is 12.7. The first-order valence-corrected chi connectivity index (χ1v) is 14.3. The van der Waals surface area contributed by atoms with Crippen LogP contribution in [0.25, 0.3) is 5.69 Å². The van der Waals surface area contributed by atoms with Gasteiger partial charge in [0.25, 0.3) is 0 Å². The van der Waals surface area contributed by atoms with Gasteiger partial charge in [-0.1, -0.05) is 39.0 Å². The summed E-state index contributed by atoms with van der Waals surface area (Å²) in [6.45, 7) is 9.51. The van der Waals surface area contributed by atoms with E-state index in [1.807, 2.05) is 92.6 Å². The quantitative estimate of drug-likeness (QED) is 0.211. The summed E-state index contributed by atoms with van der Waals surface area (Å²) in [6.07, 6.45) is 1.75. The van der Waals surface area contributed by atoms with Gasteiger partial charge in [0.1, 0.15) is 5.75 Å². The number of hydrogen-bond donors (Lipinski definition) is 3. The molecule has 0 unspecified atom stereocenters. The summed E-state index contributed by atoms with van der Waals surface area (Å²) in [5, 5.41) is 16.9. The number of rotatable bonds is 7. The lowest BCUT2D eigenvalue weighted by atomic mass is 9.95. The van der Waals surface area contributed by atoms with Crippen molar-refractivity contribution in [2.24, 2.45) is 5.41 Å². The Labute approximate surface area is 256 Å². The Kier molecular flexibility index (Phi) is 7.98. The third kappa shape index (κ3) is 5.58. The van der Waals surface area contributed by atoms with Crippen molar-refractivity contribution in [1.29, 1.82) is 0 Å². The highest BCUT2D eigenvalue weighted by Crippen LogP contribution is 2.45. The molecule has 0 bridgehead atoms. The molecule has 1 amide bonds. The number of pyridine rings is 1. The van der Waals surface area contributed by atoms with Gasteiger partial charge in [0.2, 0.25) is 5.91 Å². The van der Waals surface area contributed by atoms with Crippen molar-refractivity contribution in [1.82, 2.24) is 14.9 Å². The molecular formula is C33H35N5O4S. The van der Waals surface area contributed by atoms with Crippen LogP contribution in [0, 0.1) is 19.3 Å². The Balaban J connectivity index is 1.65. The molecule has 2 atom stereocenters. The van der Waals surface area contributed by atoms with Gasteiger partial charge in [-0.2, -0.15) is 0 Å². The van der Waals surface area contributed by atoms with E-state index in [-0.39, 0.29) is 23.6 Å². The number of carboxylic acids is 1. The standard InChI is InChI=1S/C33H35N5O4S/c1-19-17-23(20(2)37(19)26-13-8-7-11-22(26)30(39)40)29-28(25-12-9-10-16-34-25)36-32(43)38(29)21-14-15-24(27(18-21)42-6)35-31(41)33(3,4)5/h7-18,28-29H,1-6H3,(H,35,41)(H,36,43)(H,39,40)/t28-,29+/m0/s1. The molecule has 3 N–H and O–H groups in total. The minimum atomic E-state index is -0.993. The Morgan fingerprint density at radius 1 is 1.05 bits per heavy atom. The third-order valence-corrected chi connectivity index (χ3v) is 7.97. The van der Waals surface area contributed by atoms with Crippen LogP contribution in [-0.2, 0) is 4.79 Å². The van der Waals surface area contributed by atoms with Crippen molar-refractivity contribution in [2.75, 3.05) is 17.3 Å². The van der Waals surface area contributed by atoms with Gasteiger partial charge in [-0.3, -0.25) is 9.78 Å². The number of thiocarbonyl (C=S) groups is 1. The Hall–Kier alpha value is -4.70. The fourth-order valence-electron chi connectivity index (χ4n) is 5.50. The van der Waals surface area contributed by atoms with E-state index in [0.29, 0.717) is 22.2 Å². The van der Waals surface area contributed by atoms with Gasteiger partial charge < -0.3 is 29.9 Å². The Morgan fingerprint density at radius 3 is 2.42 bits per heavy atom. The van der Waals surface area contributed by atoms with Crippen LogP contribution in [0.4, 0.5) is 11.4 Å². The van der Waals surface area contributed by atoms with Gasteiger partial charge in [-0.25, -0.2) is 4.79 Å². The number of aromatic nitrogens is 2. The molecule has 1 saturated heterocycles. The average Bonchev–Trinajstić information content (AvgIpc) is 3.47. The van der Waals surface area contributed by atoms with Gasteiger partial charge in [0, 0.05) is 34.8 Å². The molecule has 3 heterocycles. The number of carbonyl (C=O) groups is 2. The summed E-state index contributed by atoms with van der Waals surface area (Å²) in [7, 11) is 1.56. The van der Waals surface area contributed by atoms with E-state index in [1.165, 1.54) is 0 Å². The fraction of sp³-hybridized carbons (Fsp3) is 0.273. The number of para-hydroxylation sites is 1. The highest BCUT2D eigenvalue weighted by atomic mass is 32.1. The van der Waals surface area contributed by atoms with Crippen LogP contribution < -0.4 is 20.3 Å². The first-order valence-electron chi connectivity index (χ1n) is 13.9. The molecular weight excluding hydrogens is 562 g/mol. The smallest absolute Gasteiger partial charge is 0.337 e. The lowest BCUT2D eigenvalue weighted by molar-refractivity contribution is -0.123.